The van der Waals surface area contributed by atoms with Crippen molar-refractivity contribution in [2.75, 3.05) is 33.4 Å². The van der Waals surface area contributed by atoms with Gasteiger partial charge in [-0.05, 0) is 37.5 Å². The highest BCUT2D eigenvalue weighted by Gasteiger charge is 2.34. The van der Waals surface area contributed by atoms with Gasteiger partial charge >= 0.3 is 5.97 Å². The molecule has 0 spiro atoms. The zero-order valence-corrected chi connectivity index (χ0v) is 20.7. The fourth-order valence-electron chi connectivity index (χ4n) is 4.28. The van der Waals surface area contributed by atoms with E-state index in [1.807, 2.05) is 31.2 Å². The second kappa shape index (κ2) is 10.7. The smallest absolute Gasteiger partial charge is 0.307 e. The van der Waals surface area contributed by atoms with Crippen molar-refractivity contribution in [2.24, 2.45) is 5.92 Å². The molecule has 0 aromatic heterocycles. The Morgan fingerprint density at radius 2 is 1.71 bits per heavy atom. The third-order valence-electron chi connectivity index (χ3n) is 6.37. The minimum Gasteiger partial charge on any atom is -0.486 e. The van der Waals surface area contributed by atoms with Crippen molar-refractivity contribution in [3.63, 3.8) is 0 Å². The van der Waals surface area contributed by atoms with Crippen molar-refractivity contribution in [3.8, 4) is 11.5 Å². The van der Waals surface area contributed by atoms with Crippen LogP contribution in [0.25, 0.3) is 0 Å². The van der Waals surface area contributed by atoms with E-state index in [1.165, 1.54) is 23.5 Å². The van der Waals surface area contributed by atoms with Gasteiger partial charge in [0.1, 0.15) is 13.2 Å². The molecule has 2 aliphatic heterocycles. The number of piperidine rings is 1. The van der Waals surface area contributed by atoms with Crippen molar-refractivity contribution in [1.29, 1.82) is 0 Å². The fraction of sp³-hybridized carbons (Fsp3) is 0.440. The van der Waals surface area contributed by atoms with Crippen LogP contribution in [-0.4, -0.2) is 58.0 Å². The number of rotatable bonds is 7. The number of fused-ring (bicyclic) bond motifs is 1. The van der Waals surface area contributed by atoms with Gasteiger partial charge < -0.3 is 19.5 Å². The largest absolute Gasteiger partial charge is 0.486 e. The summed E-state index contributed by atoms with van der Waals surface area (Å²) in [4.78, 5) is 25.1. The SMILES string of the molecule is COC(=O)CC(NC(=O)C1CCN(S(=O)(=O)c2ccc3c(c2)OCCO3)CC1)c1ccc(C)cc1. The molecule has 0 saturated carbocycles. The lowest BCUT2D eigenvalue weighted by Crippen LogP contribution is -2.44. The Hall–Kier alpha value is -3.11. The minimum atomic E-state index is -3.73. The van der Waals surface area contributed by atoms with E-state index < -0.39 is 22.0 Å². The van der Waals surface area contributed by atoms with Crippen LogP contribution in [0.3, 0.4) is 0 Å². The number of aryl methyl sites for hydroxylation is 1. The summed E-state index contributed by atoms with van der Waals surface area (Å²) < 4.78 is 43.5. The topological polar surface area (TPSA) is 111 Å². The molecule has 1 unspecified atom stereocenters. The molecule has 9 nitrogen and oxygen atoms in total. The second-order valence-corrected chi connectivity index (χ2v) is 10.7. The molecule has 10 heteroatoms. The molecule has 2 aromatic rings. The van der Waals surface area contributed by atoms with Crippen molar-refractivity contribution in [1.82, 2.24) is 9.62 Å². The summed E-state index contributed by atoms with van der Waals surface area (Å²) in [5.41, 5.74) is 1.89. The molecule has 2 aromatic carbocycles. The lowest BCUT2D eigenvalue weighted by atomic mass is 9.95. The summed E-state index contributed by atoms with van der Waals surface area (Å²) >= 11 is 0. The van der Waals surface area contributed by atoms with Gasteiger partial charge in [0.2, 0.25) is 15.9 Å². The van der Waals surface area contributed by atoms with Gasteiger partial charge in [-0.3, -0.25) is 9.59 Å². The van der Waals surface area contributed by atoms with Crippen LogP contribution in [-0.2, 0) is 24.3 Å². The molecule has 2 aliphatic rings. The van der Waals surface area contributed by atoms with Crippen molar-refractivity contribution in [3.05, 3.63) is 53.6 Å². The van der Waals surface area contributed by atoms with Crippen LogP contribution < -0.4 is 14.8 Å². The van der Waals surface area contributed by atoms with Crippen LogP contribution in [0, 0.1) is 12.8 Å². The van der Waals surface area contributed by atoms with Gasteiger partial charge in [0.15, 0.2) is 11.5 Å². The molecule has 188 valence electrons. The van der Waals surface area contributed by atoms with E-state index in [4.69, 9.17) is 14.2 Å². The Kier molecular flexibility index (Phi) is 7.61. The molecule has 1 fully saturated rings. The molecular formula is C25H30N2O7S. The standard InChI is InChI=1S/C25H30N2O7S/c1-17-3-5-18(6-4-17)21(16-24(28)32-2)26-25(29)19-9-11-27(12-10-19)35(30,31)20-7-8-22-23(15-20)34-14-13-33-22/h3-8,15,19,21H,9-14,16H2,1-2H3,(H,26,29). The molecule has 35 heavy (non-hydrogen) atoms. The maximum atomic E-state index is 13.2. The maximum absolute atomic E-state index is 13.2. The molecular weight excluding hydrogens is 472 g/mol. The molecule has 1 saturated heterocycles. The molecule has 0 aliphatic carbocycles. The quantitative estimate of drug-likeness (QED) is 0.580. The van der Waals surface area contributed by atoms with Gasteiger partial charge in [-0.2, -0.15) is 4.31 Å². The maximum Gasteiger partial charge on any atom is 0.307 e. The summed E-state index contributed by atoms with van der Waals surface area (Å²) in [6.07, 6.45) is 0.783. The summed E-state index contributed by atoms with van der Waals surface area (Å²) in [5, 5.41) is 2.97. The van der Waals surface area contributed by atoms with Gasteiger partial charge in [0.25, 0.3) is 0 Å². The molecule has 2 heterocycles. The molecule has 4 rings (SSSR count). The number of carbonyl (C=O) groups is 2. The predicted molar refractivity (Wildman–Crippen MR) is 128 cm³/mol. The normalized spacial score (nSPS) is 17.4. The zero-order valence-electron chi connectivity index (χ0n) is 19.9. The number of amides is 1. The van der Waals surface area contributed by atoms with Gasteiger partial charge in [-0.25, -0.2) is 8.42 Å². The Morgan fingerprint density at radius 1 is 1.06 bits per heavy atom. The van der Waals surface area contributed by atoms with E-state index in [9.17, 15) is 18.0 Å². The molecule has 0 bridgehead atoms. The number of hydrogen-bond donors (Lipinski definition) is 1. The predicted octanol–water partition coefficient (Wildman–Crippen LogP) is 2.59. The van der Waals surface area contributed by atoms with E-state index in [2.05, 4.69) is 5.32 Å². The Labute approximate surface area is 205 Å². The number of benzene rings is 2. The van der Waals surface area contributed by atoms with Gasteiger partial charge in [-0.15, -0.1) is 0 Å². The lowest BCUT2D eigenvalue weighted by molar-refractivity contribution is -0.141. The van der Waals surface area contributed by atoms with E-state index in [-0.39, 0.29) is 36.2 Å². The third kappa shape index (κ3) is 5.76. The zero-order chi connectivity index (χ0) is 25.0. The molecule has 1 atom stereocenters. The molecule has 0 radical (unpaired) electrons. The Morgan fingerprint density at radius 3 is 2.37 bits per heavy atom. The summed E-state index contributed by atoms with van der Waals surface area (Å²) in [6, 6.07) is 11.7. The van der Waals surface area contributed by atoms with Gasteiger partial charge in [0.05, 0.1) is 24.5 Å². The summed E-state index contributed by atoms with van der Waals surface area (Å²) in [7, 11) is -2.42. The monoisotopic (exact) mass is 502 g/mol. The Bertz CT molecular complexity index is 1170. The number of hydrogen-bond acceptors (Lipinski definition) is 7. The summed E-state index contributed by atoms with van der Waals surface area (Å²) in [6.45, 7) is 3.21. The number of methoxy groups -OCH3 is 1. The first-order valence-electron chi connectivity index (χ1n) is 11.6. The molecule has 1 N–H and O–H groups in total. The minimum absolute atomic E-state index is 0.0165. The average molecular weight is 503 g/mol. The fourth-order valence-corrected chi connectivity index (χ4v) is 5.77. The van der Waals surface area contributed by atoms with Crippen molar-refractivity contribution < 1.29 is 32.2 Å². The van der Waals surface area contributed by atoms with Crippen LogP contribution in [0.4, 0.5) is 0 Å². The van der Waals surface area contributed by atoms with Crippen LogP contribution >= 0.6 is 0 Å². The highest BCUT2D eigenvalue weighted by atomic mass is 32.2. The Balaban J connectivity index is 1.40. The van der Waals surface area contributed by atoms with Crippen LogP contribution in [0.1, 0.15) is 36.4 Å². The first kappa shape index (κ1) is 25.0. The third-order valence-corrected chi connectivity index (χ3v) is 8.27. The first-order valence-corrected chi connectivity index (χ1v) is 13.1. The second-order valence-electron chi connectivity index (χ2n) is 8.74. The van der Waals surface area contributed by atoms with Gasteiger partial charge in [0, 0.05) is 25.1 Å². The summed E-state index contributed by atoms with van der Waals surface area (Å²) in [5.74, 6) is -0.0283. The number of ether oxygens (including phenoxy) is 3. The first-order chi connectivity index (χ1) is 16.8. The van der Waals surface area contributed by atoms with Crippen molar-refractivity contribution in [2.45, 2.75) is 37.1 Å². The highest BCUT2D eigenvalue weighted by Crippen LogP contribution is 2.34. The van der Waals surface area contributed by atoms with Crippen LogP contribution in [0.5, 0.6) is 11.5 Å². The van der Waals surface area contributed by atoms with Crippen LogP contribution in [0.15, 0.2) is 47.4 Å². The highest BCUT2D eigenvalue weighted by molar-refractivity contribution is 7.89. The van der Waals surface area contributed by atoms with Crippen LogP contribution in [0.2, 0.25) is 0 Å². The van der Waals surface area contributed by atoms with E-state index >= 15 is 0 Å². The van der Waals surface area contributed by atoms with Gasteiger partial charge in [-0.1, -0.05) is 29.8 Å². The number of esters is 1. The number of nitrogens with one attached hydrogen (secondary N) is 1. The van der Waals surface area contributed by atoms with Crippen molar-refractivity contribution >= 4 is 21.9 Å². The number of nitrogens with zero attached hydrogens (tertiary/aromatic N) is 1. The number of sulfonamides is 1. The molecule has 1 amide bonds. The van der Waals surface area contributed by atoms with E-state index in [1.54, 1.807) is 6.07 Å². The van der Waals surface area contributed by atoms with E-state index in [0.717, 1.165) is 11.1 Å². The van der Waals surface area contributed by atoms with E-state index in [0.29, 0.717) is 37.6 Å². The number of carbonyl (C=O) groups excluding carboxylic acids is 2. The lowest BCUT2D eigenvalue weighted by Gasteiger charge is -2.31. The average Bonchev–Trinajstić information content (AvgIpc) is 2.88.